The van der Waals surface area contributed by atoms with Crippen LogP contribution in [0.25, 0.3) is 0 Å². The summed E-state index contributed by atoms with van der Waals surface area (Å²) in [7, 11) is 0. The Labute approximate surface area is 132 Å². The van der Waals surface area contributed by atoms with Crippen LogP contribution in [0.3, 0.4) is 0 Å². The van der Waals surface area contributed by atoms with Gasteiger partial charge in [0.25, 0.3) is 0 Å². The number of amides is 2. The zero-order chi connectivity index (χ0) is 15.9. The molecule has 0 aromatic carbocycles. The fourth-order valence-corrected chi connectivity index (χ4v) is 3.76. The van der Waals surface area contributed by atoms with Crippen LogP contribution in [0.5, 0.6) is 0 Å². The number of hydrogen-bond acceptors (Lipinski definition) is 3. The van der Waals surface area contributed by atoms with Gasteiger partial charge < -0.3 is 15.0 Å². The SMILES string of the molecule is CC(C)(C)OC(=O)N1CC[C@H](NC(=O)[C@@H]2C[C@H]3C=C[C@H]2C3)C1. The molecule has 5 nitrogen and oxygen atoms in total. The van der Waals surface area contributed by atoms with Gasteiger partial charge in [-0.3, -0.25) is 4.79 Å². The summed E-state index contributed by atoms with van der Waals surface area (Å²) in [4.78, 5) is 26.1. The normalized spacial score (nSPS) is 33.3. The second kappa shape index (κ2) is 5.60. The molecule has 0 aromatic heterocycles. The van der Waals surface area contributed by atoms with Gasteiger partial charge in [0.05, 0.1) is 0 Å². The van der Waals surface area contributed by atoms with Crippen molar-refractivity contribution in [1.82, 2.24) is 10.2 Å². The average Bonchev–Trinajstić information content (AvgIpc) is 3.12. The first-order valence-corrected chi connectivity index (χ1v) is 8.28. The van der Waals surface area contributed by atoms with E-state index in [1.165, 1.54) is 0 Å². The van der Waals surface area contributed by atoms with E-state index >= 15 is 0 Å². The fraction of sp³-hybridized carbons (Fsp3) is 0.765. The summed E-state index contributed by atoms with van der Waals surface area (Å²) in [5.41, 5.74) is -0.478. The third-order valence-corrected chi connectivity index (χ3v) is 4.80. The summed E-state index contributed by atoms with van der Waals surface area (Å²) in [6.07, 6.45) is 7.07. The number of ether oxygens (including phenoxy) is 1. The molecule has 122 valence electrons. The van der Waals surface area contributed by atoms with Gasteiger partial charge >= 0.3 is 6.09 Å². The van der Waals surface area contributed by atoms with E-state index in [2.05, 4.69) is 17.5 Å². The number of hydrogen-bond donors (Lipinski definition) is 1. The summed E-state index contributed by atoms with van der Waals surface area (Å²) < 4.78 is 5.38. The quantitative estimate of drug-likeness (QED) is 0.797. The van der Waals surface area contributed by atoms with Gasteiger partial charge in [-0.2, -0.15) is 0 Å². The van der Waals surface area contributed by atoms with E-state index in [-0.39, 0.29) is 24.0 Å². The predicted octanol–water partition coefficient (Wildman–Crippen LogP) is 2.32. The minimum absolute atomic E-state index is 0.0584. The maximum atomic E-state index is 12.4. The molecule has 4 atom stereocenters. The molecule has 0 aromatic rings. The fourth-order valence-electron chi connectivity index (χ4n) is 3.76. The number of fused-ring (bicyclic) bond motifs is 2. The summed E-state index contributed by atoms with van der Waals surface area (Å²) >= 11 is 0. The van der Waals surface area contributed by atoms with Crippen LogP contribution in [0.15, 0.2) is 12.2 Å². The topological polar surface area (TPSA) is 58.6 Å². The molecular formula is C17H26N2O3. The van der Waals surface area contributed by atoms with Gasteiger partial charge in [0.15, 0.2) is 0 Å². The van der Waals surface area contributed by atoms with Crippen LogP contribution in [0.1, 0.15) is 40.0 Å². The highest BCUT2D eigenvalue weighted by molar-refractivity contribution is 5.80. The Balaban J connectivity index is 1.48. The van der Waals surface area contributed by atoms with E-state index in [9.17, 15) is 9.59 Å². The molecule has 0 radical (unpaired) electrons. The Hall–Kier alpha value is -1.52. The Morgan fingerprint density at radius 1 is 1.23 bits per heavy atom. The number of nitrogens with zero attached hydrogens (tertiary/aromatic N) is 1. The zero-order valence-corrected chi connectivity index (χ0v) is 13.7. The van der Waals surface area contributed by atoms with Crippen molar-refractivity contribution in [2.45, 2.75) is 51.7 Å². The number of carbonyl (C=O) groups is 2. The molecule has 2 aliphatic carbocycles. The summed E-state index contributed by atoms with van der Waals surface area (Å²) in [5, 5.41) is 3.13. The van der Waals surface area contributed by atoms with Gasteiger partial charge in [-0.1, -0.05) is 12.2 Å². The third kappa shape index (κ3) is 3.28. The minimum Gasteiger partial charge on any atom is -0.444 e. The molecule has 5 heteroatoms. The average molecular weight is 306 g/mol. The van der Waals surface area contributed by atoms with Gasteiger partial charge in [-0.15, -0.1) is 0 Å². The van der Waals surface area contributed by atoms with Crippen LogP contribution in [-0.2, 0) is 9.53 Å². The molecule has 2 amide bonds. The van der Waals surface area contributed by atoms with E-state index in [1.54, 1.807) is 4.90 Å². The standard InChI is InChI=1S/C17H26N2O3/c1-17(2,3)22-16(21)19-7-6-13(10-19)18-15(20)14-9-11-4-5-12(14)8-11/h4-5,11-14H,6-10H2,1-3H3,(H,18,20)/t11-,12-,13-,14+/m0/s1. The van der Waals surface area contributed by atoms with Crippen LogP contribution in [0.2, 0.25) is 0 Å². The molecule has 3 aliphatic rings. The summed E-state index contributed by atoms with van der Waals surface area (Å²) in [6.45, 7) is 6.79. The molecule has 22 heavy (non-hydrogen) atoms. The first-order chi connectivity index (χ1) is 10.3. The van der Waals surface area contributed by atoms with Crippen molar-refractivity contribution in [2.24, 2.45) is 17.8 Å². The van der Waals surface area contributed by atoms with Gasteiger partial charge in [0, 0.05) is 25.0 Å². The molecule has 1 saturated heterocycles. The van der Waals surface area contributed by atoms with Crippen LogP contribution in [-0.4, -0.2) is 41.6 Å². The van der Waals surface area contributed by atoms with Crippen molar-refractivity contribution in [1.29, 1.82) is 0 Å². The molecule has 1 N–H and O–H groups in total. The van der Waals surface area contributed by atoms with Crippen molar-refractivity contribution in [3.05, 3.63) is 12.2 Å². The lowest BCUT2D eigenvalue weighted by Crippen LogP contribution is -2.43. The van der Waals surface area contributed by atoms with Crippen LogP contribution >= 0.6 is 0 Å². The molecule has 1 aliphatic heterocycles. The highest BCUT2D eigenvalue weighted by atomic mass is 16.6. The summed E-state index contributed by atoms with van der Waals surface area (Å²) in [6, 6.07) is 0.0584. The molecule has 1 saturated carbocycles. The van der Waals surface area contributed by atoms with E-state index in [0.717, 1.165) is 19.3 Å². The van der Waals surface area contributed by atoms with Gasteiger partial charge in [-0.25, -0.2) is 4.79 Å². The predicted molar refractivity (Wildman–Crippen MR) is 83.2 cm³/mol. The highest BCUT2D eigenvalue weighted by Gasteiger charge is 2.41. The maximum Gasteiger partial charge on any atom is 0.410 e. The van der Waals surface area contributed by atoms with E-state index in [0.29, 0.717) is 24.9 Å². The van der Waals surface area contributed by atoms with Crippen molar-refractivity contribution < 1.29 is 14.3 Å². The largest absolute Gasteiger partial charge is 0.444 e. The number of allylic oxidation sites excluding steroid dienone is 2. The molecule has 3 rings (SSSR count). The number of likely N-dealkylation sites (tertiary alicyclic amines) is 1. The van der Waals surface area contributed by atoms with Crippen molar-refractivity contribution >= 4 is 12.0 Å². The lowest BCUT2D eigenvalue weighted by Gasteiger charge is -2.25. The minimum atomic E-state index is -0.478. The van der Waals surface area contributed by atoms with E-state index < -0.39 is 5.60 Å². The molecule has 0 unspecified atom stereocenters. The lowest BCUT2D eigenvalue weighted by atomic mass is 9.92. The van der Waals surface area contributed by atoms with Crippen LogP contribution in [0, 0.1) is 17.8 Å². The van der Waals surface area contributed by atoms with Crippen molar-refractivity contribution in [2.75, 3.05) is 13.1 Å². The second-order valence-corrected chi connectivity index (χ2v) is 7.81. The van der Waals surface area contributed by atoms with Gasteiger partial charge in [0.2, 0.25) is 5.91 Å². The Morgan fingerprint density at radius 3 is 2.59 bits per heavy atom. The number of carbonyl (C=O) groups excluding carboxylic acids is 2. The van der Waals surface area contributed by atoms with Crippen LogP contribution in [0.4, 0.5) is 4.79 Å². The first kappa shape index (κ1) is 15.4. The monoisotopic (exact) mass is 306 g/mol. The van der Waals surface area contributed by atoms with Crippen LogP contribution < -0.4 is 5.32 Å². The van der Waals surface area contributed by atoms with Crippen molar-refractivity contribution in [3.63, 3.8) is 0 Å². The van der Waals surface area contributed by atoms with Crippen molar-refractivity contribution in [3.8, 4) is 0 Å². The second-order valence-electron chi connectivity index (χ2n) is 7.81. The van der Waals surface area contributed by atoms with Gasteiger partial charge in [0.1, 0.15) is 5.60 Å². The smallest absolute Gasteiger partial charge is 0.410 e. The molecule has 2 fully saturated rings. The summed E-state index contributed by atoms with van der Waals surface area (Å²) in [5.74, 6) is 1.31. The highest BCUT2D eigenvalue weighted by Crippen LogP contribution is 2.43. The third-order valence-electron chi connectivity index (χ3n) is 4.80. The lowest BCUT2D eigenvalue weighted by molar-refractivity contribution is -0.126. The molecule has 1 heterocycles. The first-order valence-electron chi connectivity index (χ1n) is 8.28. The number of rotatable bonds is 2. The zero-order valence-electron chi connectivity index (χ0n) is 13.7. The molecule has 2 bridgehead atoms. The van der Waals surface area contributed by atoms with Gasteiger partial charge in [-0.05, 0) is 51.9 Å². The van der Waals surface area contributed by atoms with E-state index in [1.807, 2.05) is 20.8 Å². The van der Waals surface area contributed by atoms with E-state index in [4.69, 9.17) is 4.74 Å². The molecule has 0 spiro atoms. The molecular weight excluding hydrogens is 280 g/mol. The Kier molecular flexibility index (Phi) is 3.91. The number of nitrogens with one attached hydrogen (secondary N) is 1. The Morgan fingerprint density at radius 2 is 2.00 bits per heavy atom. The Bertz CT molecular complexity index is 495. The maximum absolute atomic E-state index is 12.4.